The van der Waals surface area contributed by atoms with Gasteiger partial charge in [0.1, 0.15) is 0 Å². The second kappa shape index (κ2) is 4.64. The van der Waals surface area contributed by atoms with E-state index in [-0.39, 0.29) is 6.04 Å². The highest BCUT2D eigenvalue weighted by Gasteiger charge is 2.30. The maximum absolute atomic E-state index is 10.9. The van der Waals surface area contributed by atoms with Gasteiger partial charge in [-0.2, -0.15) is 0 Å². The highest BCUT2D eigenvalue weighted by atomic mass is 16.4. The molecule has 2 atom stereocenters. The molecule has 0 aliphatic carbocycles. The SMILES string of the molecule is CC(C)N[C@@H]1CCCN(C(=O)O)[C@@H]1C. The van der Waals surface area contributed by atoms with Crippen LogP contribution in [0.25, 0.3) is 0 Å². The molecule has 1 heterocycles. The molecule has 0 aromatic rings. The van der Waals surface area contributed by atoms with Crippen LogP contribution in [-0.4, -0.2) is 40.8 Å². The van der Waals surface area contributed by atoms with Crippen molar-refractivity contribution in [2.45, 2.75) is 51.7 Å². The van der Waals surface area contributed by atoms with E-state index in [9.17, 15) is 4.79 Å². The molecule has 1 rings (SSSR count). The standard InChI is InChI=1S/C10H20N2O2/c1-7(2)11-9-5-4-6-12(8(9)3)10(13)14/h7-9,11H,4-6H2,1-3H3,(H,13,14)/t8-,9-/m1/s1. The van der Waals surface area contributed by atoms with E-state index in [1.807, 2.05) is 6.92 Å². The Kier molecular flexibility index (Phi) is 3.75. The van der Waals surface area contributed by atoms with Gasteiger partial charge in [-0.05, 0) is 19.8 Å². The number of likely N-dealkylation sites (tertiary alicyclic amines) is 1. The van der Waals surface area contributed by atoms with Crippen LogP contribution in [0.3, 0.4) is 0 Å². The Balaban J connectivity index is 2.56. The molecule has 0 aromatic carbocycles. The number of nitrogens with zero attached hydrogens (tertiary/aromatic N) is 1. The van der Waals surface area contributed by atoms with Gasteiger partial charge in [0, 0.05) is 24.7 Å². The van der Waals surface area contributed by atoms with Gasteiger partial charge in [0.2, 0.25) is 0 Å². The number of amides is 1. The number of rotatable bonds is 2. The van der Waals surface area contributed by atoms with Crippen molar-refractivity contribution in [2.24, 2.45) is 0 Å². The van der Waals surface area contributed by atoms with E-state index in [1.54, 1.807) is 0 Å². The lowest BCUT2D eigenvalue weighted by Crippen LogP contribution is -2.55. The van der Waals surface area contributed by atoms with Gasteiger partial charge >= 0.3 is 6.09 Å². The number of nitrogens with one attached hydrogen (secondary N) is 1. The summed E-state index contributed by atoms with van der Waals surface area (Å²) in [7, 11) is 0. The van der Waals surface area contributed by atoms with Crippen molar-refractivity contribution >= 4 is 6.09 Å². The monoisotopic (exact) mass is 200 g/mol. The second-order valence-electron chi connectivity index (χ2n) is 4.29. The lowest BCUT2D eigenvalue weighted by molar-refractivity contribution is 0.0942. The fourth-order valence-electron chi connectivity index (χ4n) is 2.06. The predicted molar refractivity (Wildman–Crippen MR) is 55.5 cm³/mol. The van der Waals surface area contributed by atoms with Gasteiger partial charge in [-0.3, -0.25) is 0 Å². The molecule has 1 aliphatic rings. The van der Waals surface area contributed by atoms with Crippen molar-refractivity contribution in [3.63, 3.8) is 0 Å². The molecule has 1 aliphatic heterocycles. The normalized spacial score (nSPS) is 28.1. The van der Waals surface area contributed by atoms with E-state index in [0.29, 0.717) is 18.6 Å². The molecule has 14 heavy (non-hydrogen) atoms. The third-order valence-electron chi connectivity index (χ3n) is 2.78. The zero-order chi connectivity index (χ0) is 10.7. The lowest BCUT2D eigenvalue weighted by Gasteiger charge is -2.38. The summed E-state index contributed by atoms with van der Waals surface area (Å²) >= 11 is 0. The minimum absolute atomic E-state index is 0.0867. The van der Waals surface area contributed by atoms with Crippen LogP contribution in [0.15, 0.2) is 0 Å². The Morgan fingerprint density at radius 1 is 1.57 bits per heavy atom. The Labute approximate surface area is 85.3 Å². The lowest BCUT2D eigenvalue weighted by atomic mass is 9.97. The molecule has 4 heteroatoms. The number of carboxylic acid groups (broad SMARTS) is 1. The Morgan fingerprint density at radius 2 is 2.21 bits per heavy atom. The molecule has 0 saturated carbocycles. The van der Waals surface area contributed by atoms with Crippen molar-refractivity contribution < 1.29 is 9.90 Å². The van der Waals surface area contributed by atoms with Crippen LogP contribution >= 0.6 is 0 Å². The molecule has 82 valence electrons. The first-order valence-electron chi connectivity index (χ1n) is 5.28. The summed E-state index contributed by atoms with van der Waals surface area (Å²) in [5, 5.41) is 12.4. The van der Waals surface area contributed by atoms with Crippen LogP contribution in [0.5, 0.6) is 0 Å². The maximum atomic E-state index is 10.9. The van der Waals surface area contributed by atoms with Crippen LogP contribution in [0.4, 0.5) is 4.79 Å². The summed E-state index contributed by atoms with van der Waals surface area (Å²) in [5.41, 5.74) is 0. The minimum Gasteiger partial charge on any atom is -0.465 e. The molecule has 1 fully saturated rings. The van der Waals surface area contributed by atoms with E-state index < -0.39 is 6.09 Å². The number of piperidine rings is 1. The van der Waals surface area contributed by atoms with Crippen LogP contribution in [0.1, 0.15) is 33.6 Å². The Bertz CT molecular complexity index is 206. The van der Waals surface area contributed by atoms with Crippen LogP contribution in [0.2, 0.25) is 0 Å². The molecular formula is C10H20N2O2. The fraction of sp³-hybridized carbons (Fsp3) is 0.900. The van der Waals surface area contributed by atoms with E-state index >= 15 is 0 Å². The van der Waals surface area contributed by atoms with Crippen LogP contribution in [-0.2, 0) is 0 Å². The quantitative estimate of drug-likeness (QED) is 0.710. The Morgan fingerprint density at radius 3 is 2.71 bits per heavy atom. The molecule has 0 radical (unpaired) electrons. The molecule has 0 bridgehead atoms. The van der Waals surface area contributed by atoms with Gasteiger partial charge in [0.25, 0.3) is 0 Å². The van der Waals surface area contributed by atoms with Gasteiger partial charge in [-0.1, -0.05) is 13.8 Å². The fourth-order valence-corrected chi connectivity index (χ4v) is 2.06. The topological polar surface area (TPSA) is 52.6 Å². The molecule has 1 saturated heterocycles. The number of hydrogen-bond acceptors (Lipinski definition) is 2. The van der Waals surface area contributed by atoms with Crippen molar-refractivity contribution in [3.05, 3.63) is 0 Å². The van der Waals surface area contributed by atoms with Crippen molar-refractivity contribution in [3.8, 4) is 0 Å². The molecule has 0 unspecified atom stereocenters. The third-order valence-corrected chi connectivity index (χ3v) is 2.78. The highest BCUT2D eigenvalue weighted by Crippen LogP contribution is 2.17. The average Bonchev–Trinajstić information content (AvgIpc) is 2.07. The molecule has 0 aromatic heterocycles. The van der Waals surface area contributed by atoms with Gasteiger partial charge in [0.05, 0.1) is 0 Å². The van der Waals surface area contributed by atoms with E-state index in [2.05, 4.69) is 19.2 Å². The molecule has 1 amide bonds. The highest BCUT2D eigenvalue weighted by molar-refractivity contribution is 5.65. The second-order valence-corrected chi connectivity index (χ2v) is 4.29. The maximum Gasteiger partial charge on any atom is 0.407 e. The third kappa shape index (κ3) is 2.61. The molecule has 2 N–H and O–H groups in total. The molecule has 0 spiro atoms. The summed E-state index contributed by atoms with van der Waals surface area (Å²) in [6.45, 7) is 6.83. The van der Waals surface area contributed by atoms with Gasteiger partial charge in [-0.15, -0.1) is 0 Å². The zero-order valence-corrected chi connectivity index (χ0v) is 9.16. The van der Waals surface area contributed by atoms with Crippen LogP contribution in [0, 0.1) is 0 Å². The summed E-state index contributed by atoms with van der Waals surface area (Å²) in [6, 6.07) is 0.805. The largest absolute Gasteiger partial charge is 0.465 e. The van der Waals surface area contributed by atoms with E-state index in [4.69, 9.17) is 5.11 Å². The van der Waals surface area contributed by atoms with E-state index in [1.165, 1.54) is 4.90 Å². The van der Waals surface area contributed by atoms with E-state index in [0.717, 1.165) is 12.8 Å². The Hall–Kier alpha value is -0.770. The van der Waals surface area contributed by atoms with Crippen molar-refractivity contribution in [1.82, 2.24) is 10.2 Å². The summed E-state index contributed by atoms with van der Waals surface area (Å²) < 4.78 is 0. The van der Waals surface area contributed by atoms with Gasteiger partial charge < -0.3 is 15.3 Å². The molecule has 4 nitrogen and oxygen atoms in total. The predicted octanol–water partition coefficient (Wildman–Crippen LogP) is 1.52. The van der Waals surface area contributed by atoms with Gasteiger partial charge in [0.15, 0.2) is 0 Å². The smallest absolute Gasteiger partial charge is 0.407 e. The summed E-state index contributed by atoms with van der Waals surface area (Å²) in [4.78, 5) is 12.4. The first-order chi connectivity index (χ1) is 6.52. The average molecular weight is 200 g/mol. The summed E-state index contributed by atoms with van der Waals surface area (Å²) in [6.07, 6.45) is 1.23. The van der Waals surface area contributed by atoms with Gasteiger partial charge in [-0.25, -0.2) is 4.79 Å². The minimum atomic E-state index is -0.798. The number of carbonyl (C=O) groups is 1. The molecular weight excluding hydrogens is 180 g/mol. The first kappa shape index (κ1) is 11.3. The summed E-state index contributed by atoms with van der Waals surface area (Å²) in [5.74, 6) is 0. The zero-order valence-electron chi connectivity index (χ0n) is 9.16. The number of hydrogen-bond donors (Lipinski definition) is 2. The van der Waals surface area contributed by atoms with Crippen molar-refractivity contribution in [2.75, 3.05) is 6.54 Å². The van der Waals surface area contributed by atoms with Crippen LogP contribution < -0.4 is 5.32 Å². The first-order valence-corrected chi connectivity index (χ1v) is 5.28. The van der Waals surface area contributed by atoms with Crippen molar-refractivity contribution in [1.29, 1.82) is 0 Å².